The number of hydrogen-bond acceptors (Lipinski definition) is 4. The molecule has 3 aliphatic carbocycles. The van der Waals surface area contributed by atoms with Gasteiger partial charge in [-0.05, 0) is 74.9 Å². The van der Waals surface area contributed by atoms with Crippen molar-refractivity contribution in [2.45, 2.75) is 44.1 Å². The molecule has 0 unspecified atom stereocenters. The van der Waals surface area contributed by atoms with Gasteiger partial charge in [0.2, 0.25) is 0 Å². The monoisotopic (exact) mass is 459 g/mol. The number of benzene rings is 2. The summed E-state index contributed by atoms with van der Waals surface area (Å²) in [6, 6.07) is 16.8. The number of allylic oxidation sites excluding steroid dienone is 1. The van der Waals surface area contributed by atoms with E-state index in [0.29, 0.717) is 5.92 Å². The Morgan fingerprint density at radius 2 is 1.94 bits per heavy atom. The standard InChI is InChI=1S/C29H37N3O2/c1-31(17-8-13-27-30-28-25(32(27)2)11-7-12-26(28)34-3)18-16-29(33)20-22-14-15-23(29)19-24(22)21-9-5-4-6-10-21/h4-7,9-12,19,22-23,33H,8,13-18,20H2,1-3H3/t22-,23-,29+/m1/s1. The molecule has 1 aromatic heterocycles. The minimum atomic E-state index is -0.566. The van der Waals surface area contributed by atoms with E-state index in [2.05, 4.69) is 66.0 Å². The van der Waals surface area contributed by atoms with Crippen molar-refractivity contribution in [2.75, 3.05) is 27.2 Å². The van der Waals surface area contributed by atoms with Crippen LogP contribution < -0.4 is 4.74 Å². The lowest BCUT2D eigenvalue weighted by molar-refractivity contribution is -0.0574. The molecule has 5 nitrogen and oxygen atoms in total. The van der Waals surface area contributed by atoms with Crippen LogP contribution in [0.5, 0.6) is 5.75 Å². The highest BCUT2D eigenvalue weighted by molar-refractivity contribution is 5.82. The SMILES string of the molecule is COc1cccc2c1nc(CCCN(C)CC[C@]1(O)C[C@H]3CC[C@@H]1C=C3c1ccccc1)n2C. The second-order valence-corrected chi connectivity index (χ2v) is 10.2. The van der Waals surface area contributed by atoms with Crippen LogP contribution in [0.4, 0.5) is 0 Å². The average molecular weight is 460 g/mol. The van der Waals surface area contributed by atoms with Crippen LogP contribution in [0.25, 0.3) is 16.6 Å². The molecule has 3 atom stereocenters. The second kappa shape index (κ2) is 9.55. The fourth-order valence-electron chi connectivity index (χ4n) is 6.06. The first-order chi connectivity index (χ1) is 16.5. The van der Waals surface area contributed by atoms with Crippen molar-refractivity contribution in [1.82, 2.24) is 14.5 Å². The molecule has 0 amide bonds. The molecule has 0 spiro atoms. The lowest BCUT2D eigenvalue weighted by atomic mass is 9.61. The minimum Gasteiger partial charge on any atom is -0.494 e. The Morgan fingerprint density at radius 3 is 2.68 bits per heavy atom. The maximum Gasteiger partial charge on any atom is 0.146 e. The minimum absolute atomic E-state index is 0.274. The van der Waals surface area contributed by atoms with Crippen LogP contribution in [0.1, 0.15) is 43.5 Å². The molecule has 1 saturated carbocycles. The fraction of sp³-hybridized carbons (Fsp3) is 0.483. The molecule has 5 heteroatoms. The number of nitrogens with zero attached hydrogens (tertiary/aromatic N) is 3. The zero-order valence-corrected chi connectivity index (χ0v) is 20.7. The van der Waals surface area contributed by atoms with Crippen LogP contribution >= 0.6 is 0 Å². The summed E-state index contributed by atoms with van der Waals surface area (Å²) in [5, 5.41) is 11.5. The first-order valence-corrected chi connectivity index (χ1v) is 12.6. The molecular formula is C29H37N3O2. The van der Waals surface area contributed by atoms with E-state index in [1.165, 1.54) is 17.6 Å². The molecule has 1 N–H and O–H groups in total. The number of imidazole rings is 1. The number of hydrogen-bond donors (Lipinski definition) is 1. The number of aromatic nitrogens is 2. The van der Waals surface area contributed by atoms with Crippen molar-refractivity contribution in [3.05, 3.63) is 66.0 Å². The third kappa shape index (κ3) is 4.39. The third-order valence-electron chi connectivity index (χ3n) is 8.10. The van der Waals surface area contributed by atoms with Gasteiger partial charge in [0, 0.05) is 25.9 Å². The Kier molecular flexibility index (Phi) is 6.50. The van der Waals surface area contributed by atoms with Gasteiger partial charge in [0.1, 0.15) is 17.1 Å². The van der Waals surface area contributed by atoms with Gasteiger partial charge in [0.25, 0.3) is 0 Å². The van der Waals surface area contributed by atoms with Crippen LogP contribution in [-0.4, -0.2) is 52.4 Å². The summed E-state index contributed by atoms with van der Waals surface area (Å²) in [7, 11) is 5.95. The second-order valence-electron chi connectivity index (χ2n) is 10.2. The molecule has 2 aromatic carbocycles. The molecule has 0 saturated heterocycles. The first-order valence-electron chi connectivity index (χ1n) is 12.6. The third-order valence-corrected chi connectivity index (χ3v) is 8.10. The van der Waals surface area contributed by atoms with E-state index >= 15 is 0 Å². The predicted molar refractivity (Wildman–Crippen MR) is 138 cm³/mol. The molecule has 3 aliphatic rings. The number of aryl methyl sites for hydroxylation is 2. The van der Waals surface area contributed by atoms with E-state index < -0.39 is 5.60 Å². The lowest BCUT2D eigenvalue weighted by Crippen LogP contribution is -2.48. The van der Waals surface area contributed by atoms with E-state index in [4.69, 9.17) is 9.72 Å². The van der Waals surface area contributed by atoms with Gasteiger partial charge in [-0.1, -0.05) is 42.5 Å². The van der Waals surface area contributed by atoms with Crippen LogP contribution in [0.15, 0.2) is 54.6 Å². The van der Waals surface area contributed by atoms with E-state index in [1.807, 2.05) is 12.1 Å². The molecular weight excluding hydrogens is 422 g/mol. The number of para-hydroxylation sites is 1. The van der Waals surface area contributed by atoms with Gasteiger partial charge in [-0.3, -0.25) is 0 Å². The van der Waals surface area contributed by atoms with Crippen molar-refractivity contribution in [3.8, 4) is 5.75 Å². The van der Waals surface area contributed by atoms with Crippen molar-refractivity contribution in [1.29, 1.82) is 0 Å². The van der Waals surface area contributed by atoms with Crippen LogP contribution in [0, 0.1) is 11.8 Å². The Hall–Kier alpha value is -2.63. The average Bonchev–Trinajstić information content (AvgIpc) is 3.19. The van der Waals surface area contributed by atoms with Crippen molar-refractivity contribution in [2.24, 2.45) is 18.9 Å². The number of aliphatic hydroxyl groups is 1. The number of rotatable bonds is 9. The topological polar surface area (TPSA) is 50.5 Å². The molecule has 180 valence electrons. The van der Waals surface area contributed by atoms with Gasteiger partial charge in [-0.2, -0.15) is 0 Å². The highest BCUT2D eigenvalue weighted by atomic mass is 16.5. The summed E-state index contributed by atoms with van der Waals surface area (Å²) in [4.78, 5) is 7.21. The molecule has 0 radical (unpaired) electrons. The van der Waals surface area contributed by atoms with E-state index in [1.54, 1.807) is 7.11 Å². The highest BCUT2D eigenvalue weighted by Crippen LogP contribution is 2.51. The zero-order chi connectivity index (χ0) is 23.7. The molecule has 2 bridgehead atoms. The largest absolute Gasteiger partial charge is 0.494 e. The van der Waals surface area contributed by atoms with Gasteiger partial charge in [0.15, 0.2) is 0 Å². The molecule has 0 aliphatic heterocycles. The number of ether oxygens (including phenoxy) is 1. The Balaban J connectivity index is 1.15. The van der Waals surface area contributed by atoms with Gasteiger partial charge < -0.3 is 19.3 Å². The van der Waals surface area contributed by atoms with Gasteiger partial charge >= 0.3 is 0 Å². The fourth-order valence-corrected chi connectivity index (χ4v) is 6.06. The maximum atomic E-state index is 11.5. The van der Waals surface area contributed by atoms with Gasteiger partial charge in [-0.25, -0.2) is 4.98 Å². The van der Waals surface area contributed by atoms with Crippen LogP contribution in [0.3, 0.4) is 0 Å². The van der Waals surface area contributed by atoms with E-state index in [0.717, 1.165) is 67.8 Å². The molecule has 3 aromatic rings. The number of methoxy groups -OCH3 is 1. The van der Waals surface area contributed by atoms with Crippen LogP contribution in [0.2, 0.25) is 0 Å². The Morgan fingerprint density at radius 1 is 1.12 bits per heavy atom. The molecule has 34 heavy (non-hydrogen) atoms. The summed E-state index contributed by atoms with van der Waals surface area (Å²) < 4.78 is 7.65. The van der Waals surface area contributed by atoms with Crippen LogP contribution in [-0.2, 0) is 13.5 Å². The number of fused-ring (bicyclic) bond motifs is 3. The summed E-state index contributed by atoms with van der Waals surface area (Å²) >= 11 is 0. The Labute approximate surface area is 203 Å². The van der Waals surface area contributed by atoms with Crippen molar-refractivity contribution in [3.63, 3.8) is 0 Å². The van der Waals surface area contributed by atoms with Crippen molar-refractivity contribution < 1.29 is 9.84 Å². The Bertz CT molecular complexity index is 1170. The summed E-state index contributed by atoms with van der Waals surface area (Å²) in [5.74, 6) is 2.68. The quantitative estimate of drug-likeness (QED) is 0.485. The predicted octanol–water partition coefficient (Wildman–Crippen LogP) is 5.08. The van der Waals surface area contributed by atoms with E-state index in [9.17, 15) is 5.11 Å². The lowest BCUT2D eigenvalue weighted by Gasteiger charge is -2.48. The smallest absolute Gasteiger partial charge is 0.146 e. The summed E-state index contributed by atoms with van der Waals surface area (Å²) in [6.45, 7) is 1.92. The first kappa shape index (κ1) is 23.1. The van der Waals surface area contributed by atoms with Gasteiger partial charge in [-0.15, -0.1) is 0 Å². The zero-order valence-electron chi connectivity index (χ0n) is 20.7. The summed E-state index contributed by atoms with van der Waals surface area (Å²) in [6.07, 6.45) is 8.40. The molecule has 1 heterocycles. The normalized spacial score (nSPS) is 24.1. The highest BCUT2D eigenvalue weighted by Gasteiger charge is 2.46. The summed E-state index contributed by atoms with van der Waals surface area (Å²) in [5.41, 5.74) is 4.27. The van der Waals surface area contributed by atoms with Crippen molar-refractivity contribution >= 4 is 16.6 Å². The molecule has 6 rings (SSSR count). The van der Waals surface area contributed by atoms with E-state index in [-0.39, 0.29) is 5.92 Å². The molecule has 1 fully saturated rings. The van der Waals surface area contributed by atoms with Gasteiger partial charge in [0.05, 0.1) is 18.2 Å². The maximum absolute atomic E-state index is 11.5.